The first-order valence-electron chi connectivity index (χ1n) is 9.07. The summed E-state index contributed by atoms with van der Waals surface area (Å²) < 4.78 is 2.83. The summed E-state index contributed by atoms with van der Waals surface area (Å²) in [6.45, 7) is 7.07. The van der Waals surface area contributed by atoms with Gasteiger partial charge in [0.05, 0.1) is 4.91 Å². The molecule has 140 valence electrons. The largest absolute Gasteiger partial charge is 0.342 e. The molecule has 0 spiro atoms. The molecular weight excluding hydrogens is 384 g/mol. The summed E-state index contributed by atoms with van der Waals surface area (Å²) in [5.41, 5.74) is 4.74. The second-order valence-corrected chi connectivity index (χ2v) is 8.41. The molecule has 0 radical (unpaired) electrons. The van der Waals surface area contributed by atoms with Crippen molar-refractivity contribution in [3.05, 3.63) is 89.0 Å². The molecule has 1 fully saturated rings. The molecule has 2 heterocycles. The van der Waals surface area contributed by atoms with Crippen molar-refractivity contribution in [3.63, 3.8) is 0 Å². The van der Waals surface area contributed by atoms with Gasteiger partial charge in [0.25, 0.3) is 5.91 Å². The van der Waals surface area contributed by atoms with Gasteiger partial charge in [-0.3, -0.25) is 9.69 Å². The maximum Gasteiger partial charge on any atom is 0.266 e. The molecule has 0 saturated carbocycles. The Morgan fingerprint density at radius 3 is 2.68 bits per heavy atom. The number of rotatable bonds is 5. The summed E-state index contributed by atoms with van der Waals surface area (Å²) in [4.78, 5) is 14.9. The highest BCUT2D eigenvalue weighted by molar-refractivity contribution is 8.26. The molecule has 5 heteroatoms. The van der Waals surface area contributed by atoms with Crippen molar-refractivity contribution >= 4 is 51.2 Å². The Kier molecular flexibility index (Phi) is 5.20. The van der Waals surface area contributed by atoms with Crippen LogP contribution in [-0.4, -0.2) is 26.2 Å². The second kappa shape index (κ2) is 7.78. The molecule has 0 aliphatic carbocycles. The van der Waals surface area contributed by atoms with Crippen LogP contribution < -0.4 is 0 Å². The lowest BCUT2D eigenvalue weighted by molar-refractivity contribution is -0.121. The highest BCUT2D eigenvalue weighted by Gasteiger charge is 2.31. The van der Waals surface area contributed by atoms with Crippen LogP contribution in [0.2, 0.25) is 0 Å². The molecule has 0 unspecified atom stereocenters. The minimum absolute atomic E-state index is 0.0503. The number of para-hydroxylation sites is 1. The first-order chi connectivity index (χ1) is 13.6. The molecule has 3 nitrogen and oxygen atoms in total. The van der Waals surface area contributed by atoms with E-state index in [0.29, 0.717) is 15.8 Å². The number of nitrogens with zero attached hydrogens (tertiary/aromatic N) is 2. The van der Waals surface area contributed by atoms with Gasteiger partial charge >= 0.3 is 0 Å². The molecule has 0 atom stereocenters. The van der Waals surface area contributed by atoms with Crippen LogP contribution in [0, 0.1) is 6.92 Å². The van der Waals surface area contributed by atoms with Crippen LogP contribution in [0.1, 0.15) is 16.7 Å². The Morgan fingerprint density at radius 1 is 1.14 bits per heavy atom. The van der Waals surface area contributed by atoms with Crippen molar-refractivity contribution in [3.8, 4) is 0 Å². The minimum atomic E-state index is -0.0503. The van der Waals surface area contributed by atoms with Gasteiger partial charge in [0.2, 0.25) is 0 Å². The van der Waals surface area contributed by atoms with E-state index in [1.54, 1.807) is 11.0 Å². The molecular formula is C23H20N2OS2. The molecule has 3 aromatic rings. The maximum absolute atomic E-state index is 12.7. The Morgan fingerprint density at radius 2 is 1.89 bits per heavy atom. The van der Waals surface area contributed by atoms with Crippen molar-refractivity contribution in [2.75, 3.05) is 6.54 Å². The lowest BCUT2D eigenvalue weighted by Gasteiger charge is -2.10. The van der Waals surface area contributed by atoms with Gasteiger partial charge in [-0.05, 0) is 30.2 Å². The fourth-order valence-electron chi connectivity index (χ4n) is 3.42. The number of aryl methyl sites for hydroxylation is 1. The van der Waals surface area contributed by atoms with Crippen LogP contribution in [0.5, 0.6) is 0 Å². The highest BCUT2D eigenvalue weighted by Crippen LogP contribution is 2.34. The molecule has 1 aliphatic heterocycles. The first kappa shape index (κ1) is 18.7. The van der Waals surface area contributed by atoms with Gasteiger partial charge in [-0.2, -0.15) is 0 Å². The standard InChI is InChI=1S/C23H20N2OS2/c1-3-12-25-22(26)21(28-23(25)27)13-18-15-24(20-11-7-6-10-19(18)20)14-17-9-5-4-8-16(17)2/h3-11,13,15H,1,12,14H2,2H3. The second-order valence-electron chi connectivity index (χ2n) is 6.74. The predicted octanol–water partition coefficient (Wildman–Crippen LogP) is 5.39. The van der Waals surface area contributed by atoms with E-state index >= 15 is 0 Å². The number of carbonyl (C=O) groups is 1. The third kappa shape index (κ3) is 3.43. The zero-order valence-corrected chi connectivity index (χ0v) is 17.2. The lowest BCUT2D eigenvalue weighted by Crippen LogP contribution is -2.27. The number of amides is 1. The normalized spacial score (nSPS) is 15.8. The zero-order chi connectivity index (χ0) is 19.7. The van der Waals surface area contributed by atoms with Crippen molar-refractivity contribution in [1.82, 2.24) is 9.47 Å². The smallest absolute Gasteiger partial charge is 0.266 e. The van der Waals surface area contributed by atoms with E-state index in [9.17, 15) is 4.79 Å². The maximum atomic E-state index is 12.7. The fraction of sp³-hybridized carbons (Fsp3) is 0.130. The number of thioether (sulfide) groups is 1. The molecule has 28 heavy (non-hydrogen) atoms. The average Bonchev–Trinajstić information content (AvgIpc) is 3.17. The van der Waals surface area contributed by atoms with Crippen molar-refractivity contribution in [2.24, 2.45) is 0 Å². The topological polar surface area (TPSA) is 25.2 Å². The van der Waals surface area contributed by atoms with Crippen molar-refractivity contribution in [2.45, 2.75) is 13.5 Å². The van der Waals surface area contributed by atoms with Crippen LogP contribution in [-0.2, 0) is 11.3 Å². The molecule has 0 bridgehead atoms. The van der Waals surface area contributed by atoms with Gasteiger partial charge in [-0.1, -0.05) is 72.5 Å². The van der Waals surface area contributed by atoms with Crippen LogP contribution in [0.25, 0.3) is 17.0 Å². The van der Waals surface area contributed by atoms with Crippen LogP contribution >= 0.6 is 24.0 Å². The van der Waals surface area contributed by atoms with Gasteiger partial charge in [-0.25, -0.2) is 0 Å². The number of benzene rings is 2. The van der Waals surface area contributed by atoms with Gasteiger partial charge in [0.15, 0.2) is 0 Å². The van der Waals surface area contributed by atoms with Crippen LogP contribution in [0.4, 0.5) is 0 Å². The molecule has 4 rings (SSSR count). The quantitative estimate of drug-likeness (QED) is 0.324. The van der Waals surface area contributed by atoms with E-state index in [1.165, 1.54) is 22.9 Å². The minimum Gasteiger partial charge on any atom is -0.342 e. The van der Waals surface area contributed by atoms with Gasteiger partial charge in [0.1, 0.15) is 4.32 Å². The molecule has 1 saturated heterocycles. The number of aromatic nitrogens is 1. The van der Waals surface area contributed by atoms with E-state index in [2.05, 4.69) is 60.7 Å². The molecule has 1 aliphatic rings. The van der Waals surface area contributed by atoms with Crippen LogP contribution in [0.3, 0.4) is 0 Å². The summed E-state index contributed by atoms with van der Waals surface area (Å²) in [6.07, 6.45) is 5.78. The molecule has 1 aromatic heterocycles. The first-order valence-corrected chi connectivity index (χ1v) is 10.3. The summed E-state index contributed by atoms with van der Waals surface area (Å²) in [6, 6.07) is 16.7. The van der Waals surface area contributed by atoms with Gasteiger partial charge < -0.3 is 4.57 Å². The third-order valence-corrected chi connectivity index (χ3v) is 6.27. The van der Waals surface area contributed by atoms with E-state index in [4.69, 9.17) is 12.2 Å². The Hall–Kier alpha value is -2.63. The Balaban J connectivity index is 1.75. The molecule has 1 amide bonds. The van der Waals surface area contributed by atoms with Gasteiger partial charge in [-0.15, -0.1) is 6.58 Å². The summed E-state index contributed by atoms with van der Waals surface area (Å²) >= 11 is 6.71. The number of carbonyl (C=O) groups excluding carboxylic acids is 1. The van der Waals surface area contributed by atoms with Gasteiger partial charge in [0, 0.05) is 35.8 Å². The molecule has 0 N–H and O–H groups in total. The monoisotopic (exact) mass is 404 g/mol. The number of hydrogen-bond acceptors (Lipinski definition) is 3. The summed E-state index contributed by atoms with van der Waals surface area (Å²) in [5.74, 6) is -0.0503. The Labute approximate surface area is 174 Å². The van der Waals surface area contributed by atoms with E-state index in [0.717, 1.165) is 23.0 Å². The number of fused-ring (bicyclic) bond motifs is 1. The van der Waals surface area contributed by atoms with Crippen LogP contribution in [0.15, 0.2) is 72.3 Å². The molecule has 2 aromatic carbocycles. The highest BCUT2D eigenvalue weighted by atomic mass is 32.2. The SMILES string of the molecule is C=CCN1C(=O)C(=Cc2cn(Cc3ccccc3C)c3ccccc23)SC1=S. The number of hydrogen-bond donors (Lipinski definition) is 0. The summed E-state index contributed by atoms with van der Waals surface area (Å²) in [5, 5.41) is 1.13. The average molecular weight is 405 g/mol. The Bertz CT molecular complexity index is 1130. The summed E-state index contributed by atoms with van der Waals surface area (Å²) in [7, 11) is 0. The number of thiocarbonyl (C=S) groups is 1. The predicted molar refractivity (Wildman–Crippen MR) is 122 cm³/mol. The lowest BCUT2D eigenvalue weighted by atomic mass is 10.1. The van der Waals surface area contributed by atoms with E-state index in [1.807, 2.05) is 18.2 Å². The van der Waals surface area contributed by atoms with Crippen molar-refractivity contribution in [1.29, 1.82) is 0 Å². The zero-order valence-electron chi connectivity index (χ0n) is 15.6. The van der Waals surface area contributed by atoms with E-state index in [-0.39, 0.29) is 5.91 Å². The third-order valence-electron chi connectivity index (χ3n) is 4.89. The van der Waals surface area contributed by atoms with E-state index < -0.39 is 0 Å². The van der Waals surface area contributed by atoms with Crippen molar-refractivity contribution < 1.29 is 4.79 Å². The fourth-order valence-corrected chi connectivity index (χ4v) is 4.69.